The molecule has 2 fully saturated rings. The summed E-state index contributed by atoms with van der Waals surface area (Å²) in [6.07, 6.45) is -3.73. The number of hydrogen-bond donors (Lipinski definition) is 4. The summed E-state index contributed by atoms with van der Waals surface area (Å²) < 4.78 is 24.4. The number of ether oxygens (including phenoxy) is 4. The highest BCUT2D eigenvalue weighted by atomic mass is 79.9. The van der Waals surface area contributed by atoms with E-state index in [9.17, 15) is 24.3 Å². The number of nitrogens with one attached hydrogen (secondary N) is 2. The Balaban J connectivity index is 1.62. The molecule has 0 aromatic heterocycles. The number of nitrogens with zero attached hydrogens (tertiary/aromatic N) is 1. The predicted molar refractivity (Wildman–Crippen MR) is 171 cm³/mol. The molecule has 15 heteroatoms. The minimum atomic E-state index is -1.26. The summed E-state index contributed by atoms with van der Waals surface area (Å²) in [7, 11) is 1.45. The molecule has 2 heterocycles. The maximum absolute atomic E-state index is 14.1. The Morgan fingerprint density at radius 1 is 1.11 bits per heavy atom. The van der Waals surface area contributed by atoms with Crippen LogP contribution in [0, 0.1) is 0 Å². The molecule has 46 heavy (non-hydrogen) atoms. The third-order valence-corrected chi connectivity index (χ3v) is 8.45. The van der Waals surface area contributed by atoms with Crippen LogP contribution >= 0.6 is 27.5 Å². The van der Waals surface area contributed by atoms with Crippen molar-refractivity contribution in [3.63, 3.8) is 0 Å². The molecule has 0 saturated carbocycles. The molecule has 2 aromatic carbocycles. The smallest absolute Gasteiger partial charge is 0.322 e. The van der Waals surface area contributed by atoms with Crippen molar-refractivity contribution in [3.8, 4) is 0 Å². The van der Waals surface area contributed by atoms with E-state index in [4.69, 9.17) is 36.3 Å². The zero-order chi connectivity index (χ0) is 33.6. The molecule has 0 spiro atoms. The van der Waals surface area contributed by atoms with Crippen LogP contribution in [0.1, 0.15) is 38.7 Å². The third kappa shape index (κ3) is 9.39. The van der Waals surface area contributed by atoms with E-state index in [0.29, 0.717) is 17.1 Å². The van der Waals surface area contributed by atoms with E-state index in [-0.39, 0.29) is 19.4 Å². The monoisotopic (exact) mass is 724 g/mol. The molecule has 2 saturated heterocycles. The second-order valence-corrected chi connectivity index (χ2v) is 12.9. The molecule has 6 atom stereocenters. The van der Waals surface area contributed by atoms with Gasteiger partial charge >= 0.3 is 12.0 Å². The number of urea groups is 1. The Morgan fingerprint density at radius 2 is 1.78 bits per heavy atom. The Kier molecular flexibility index (Phi) is 12.0. The first-order chi connectivity index (χ1) is 21.8. The van der Waals surface area contributed by atoms with Gasteiger partial charge in [-0.3, -0.25) is 14.4 Å². The van der Waals surface area contributed by atoms with Crippen LogP contribution in [0.3, 0.4) is 0 Å². The van der Waals surface area contributed by atoms with Gasteiger partial charge in [-0.15, -0.1) is 0 Å². The number of carboxylic acids is 1. The molecule has 13 nitrogen and oxygen atoms in total. The fourth-order valence-corrected chi connectivity index (χ4v) is 5.95. The average molecular weight is 726 g/mol. The van der Waals surface area contributed by atoms with Crippen molar-refractivity contribution < 1.29 is 43.2 Å². The van der Waals surface area contributed by atoms with Crippen molar-refractivity contribution in [2.75, 3.05) is 19.0 Å². The van der Waals surface area contributed by atoms with Crippen molar-refractivity contribution >= 4 is 57.0 Å². The highest BCUT2D eigenvalue weighted by Gasteiger charge is 2.57. The summed E-state index contributed by atoms with van der Waals surface area (Å²) in [6, 6.07) is 11.0. The van der Waals surface area contributed by atoms with Gasteiger partial charge in [0, 0.05) is 41.7 Å². The Hall–Kier alpha value is -3.27. The molecule has 250 valence electrons. The first-order valence-electron chi connectivity index (χ1n) is 14.7. The van der Waals surface area contributed by atoms with Gasteiger partial charge < -0.3 is 45.3 Å². The standard InChI is InChI=1S/C31H38BrClN4O9/c1-31(2)45-27-26(43-3)25(44-29(27)46-31)21(16-23(34)38)36-28(41)22(12-13-24(39)40)37(15-14-17-4-6-18(32)7-5-17)30(42)35-20-10-8-19(33)9-11-20/h4-11,21-22,25-27,29H,12-16H2,1-3H3,(H2,34,38)(H,35,42)(H,36,41)(H,39,40)/t21-,22-,25-,26+,27-,29-/m0/s1. The molecule has 2 aliphatic rings. The number of amides is 4. The van der Waals surface area contributed by atoms with Gasteiger partial charge in [0.2, 0.25) is 11.8 Å². The SMILES string of the molecule is CO[C@H]1[C@@H]2OC(C)(C)O[C@@H]2O[C@H]1[C@H](CC(N)=O)NC(=O)[C@H](CCC(=O)O)N(CCc1ccc(Br)cc1)C(=O)Nc1ccc(Cl)cc1. The number of benzene rings is 2. The molecular formula is C31H38BrClN4O9. The molecular weight excluding hydrogens is 688 g/mol. The van der Waals surface area contributed by atoms with E-state index in [2.05, 4.69) is 26.6 Å². The van der Waals surface area contributed by atoms with Crippen molar-refractivity contribution in [2.24, 2.45) is 5.73 Å². The van der Waals surface area contributed by atoms with Gasteiger partial charge in [0.25, 0.3) is 0 Å². The van der Waals surface area contributed by atoms with Crippen LogP contribution in [0.5, 0.6) is 0 Å². The molecule has 0 radical (unpaired) electrons. The summed E-state index contributed by atoms with van der Waals surface area (Å²) in [6.45, 7) is 3.51. The minimum Gasteiger partial charge on any atom is -0.481 e. The van der Waals surface area contributed by atoms with E-state index in [1.165, 1.54) is 12.0 Å². The number of anilines is 1. The van der Waals surface area contributed by atoms with Crippen molar-refractivity contribution in [2.45, 2.75) is 82.0 Å². The number of fused-ring (bicyclic) bond motifs is 1. The van der Waals surface area contributed by atoms with Crippen LogP contribution in [-0.4, -0.2) is 89.9 Å². The first kappa shape index (κ1) is 35.6. The number of carboxylic acid groups (broad SMARTS) is 1. The van der Waals surface area contributed by atoms with Gasteiger partial charge in [-0.1, -0.05) is 39.7 Å². The van der Waals surface area contributed by atoms with Crippen LogP contribution < -0.4 is 16.4 Å². The predicted octanol–water partition coefficient (Wildman–Crippen LogP) is 3.66. The summed E-state index contributed by atoms with van der Waals surface area (Å²) in [5.74, 6) is -3.51. The fourth-order valence-electron chi connectivity index (χ4n) is 5.56. The fraction of sp³-hybridized carbons (Fsp3) is 0.484. The lowest BCUT2D eigenvalue weighted by Crippen LogP contribution is -2.57. The number of carbonyl (C=O) groups excluding carboxylic acids is 3. The van der Waals surface area contributed by atoms with Crippen LogP contribution in [0.2, 0.25) is 5.02 Å². The van der Waals surface area contributed by atoms with E-state index in [1.807, 2.05) is 24.3 Å². The number of hydrogen-bond acceptors (Lipinski definition) is 8. The molecule has 0 unspecified atom stereocenters. The van der Waals surface area contributed by atoms with E-state index in [1.54, 1.807) is 38.1 Å². The van der Waals surface area contributed by atoms with Gasteiger partial charge in [0.1, 0.15) is 24.4 Å². The number of carbonyl (C=O) groups is 4. The third-order valence-electron chi connectivity index (χ3n) is 7.67. The number of aliphatic carboxylic acids is 1. The number of rotatable bonds is 14. The topological polar surface area (TPSA) is 179 Å². The highest BCUT2D eigenvalue weighted by molar-refractivity contribution is 9.10. The lowest BCUT2D eigenvalue weighted by atomic mass is 9.99. The average Bonchev–Trinajstić information content (AvgIpc) is 3.47. The first-order valence-corrected chi connectivity index (χ1v) is 15.9. The molecule has 0 bridgehead atoms. The highest BCUT2D eigenvalue weighted by Crippen LogP contribution is 2.40. The van der Waals surface area contributed by atoms with Crippen LogP contribution in [0.4, 0.5) is 10.5 Å². The quantitative estimate of drug-likeness (QED) is 0.226. The number of halogens is 2. The largest absolute Gasteiger partial charge is 0.481 e. The lowest BCUT2D eigenvalue weighted by Gasteiger charge is -2.34. The van der Waals surface area contributed by atoms with Crippen LogP contribution in [0.15, 0.2) is 53.0 Å². The Labute approximate surface area is 280 Å². The van der Waals surface area contributed by atoms with Crippen molar-refractivity contribution in [1.29, 1.82) is 0 Å². The second-order valence-electron chi connectivity index (χ2n) is 11.5. The van der Waals surface area contributed by atoms with E-state index < -0.39 is 72.7 Å². The van der Waals surface area contributed by atoms with Crippen LogP contribution in [0.25, 0.3) is 0 Å². The minimum absolute atomic E-state index is 0.0563. The van der Waals surface area contributed by atoms with Gasteiger partial charge in [0.05, 0.1) is 6.04 Å². The summed E-state index contributed by atoms with van der Waals surface area (Å²) >= 11 is 9.41. The Morgan fingerprint density at radius 3 is 2.39 bits per heavy atom. The zero-order valence-electron chi connectivity index (χ0n) is 25.6. The molecule has 5 N–H and O–H groups in total. The summed E-state index contributed by atoms with van der Waals surface area (Å²) in [5.41, 5.74) is 6.87. The maximum Gasteiger partial charge on any atom is 0.322 e. The number of nitrogens with two attached hydrogens (primary N) is 1. The van der Waals surface area contributed by atoms with Gasteiger partial charge in [-0.2, -0.15) is 0 Å². The van der Waals surface area contributed by atoms with Crippen LogP contribution in [-0.2, 0) is 39.8 Å². The second kappa shape index (κ2) is 15.5. The number of methoxy groups -OCH3 is 1. The number of primary amides is 1. The molecule has 0 aliphatic carbocycles. The molecule has 2 aromatic rings. The van der Waals surface area contributed by atoms with Gasteiger partial charge in [-0.05, 0) is 68.7 Å². The van der Waals surface area contributed by atoms with E-state index >= 15 is 0 Å². The molecule has 4 rings (SSSR count). The Bertz CT molecular complexity index is 1400. The molecule has 4 amide bonds. The summed E-state index contributed by atoms with van der Waals surface area (Å²) in [4.78, 5) is 53.0. The van der Waals surface area contributed by atoms with Gasteiger partial charge in [-0.25, -0.2) is 4.79 Å². The zero-order valence-corrected chi connectivity index (χ0v) is 28.0. The normalized spacial score (nSPS) is 22.8. The summed E-state index contributed by atoms with van der Waals surface area (Å²) in [5, 5.41) is 15.6. The lowest BCUT2D eigenvalue weighted by molar-refractivity contribution is -0.220. The van der Waals surface area contributed by atoms with E-state index in [0.717, 1.165) is 10.0 Å². The van der Waals surface area contributed by atoms with Gasteiger partial charge in [0.15, 0.2) is 12.1 Å². The van der Waals surface area contributed by atoms with Crippen molar-refractivity contribution in [3.05, 3.63) is 63.6 Å². The van der Waals surface area contributed by atoms with Crippen molar-refractivity contribution in [1.82, 2.24) is 10.2 Å². The molecule has 2 aliphatic heterocycles. The maximum atomic E-state index is 14.1.